The van der Waals surface area contributed by atoms with Crippen LogP contribution in [0.3, 0.4) is 0 Å². The number of hydrogen-bond acceptors (Lipinski definition) is 2. The molecule has 0 spiro atoms. The van der Waals surface area contributed by atoms with Crippen molar-refractivity contribution in [3.8, 4) is 0 Å². The Morgan fingerprint density at radius 3 is 2.56 bits per heavy atom. The van der Waals surface area contributed by atoms with Crippen LogP contribution in [0.4, 0.5) is 0 Å². The standard InChI is InChI=1S/C12H23N5.HI/c1-6-14-12(13)15-8(2)7-11-9(3)16-17(5)10(11)4;/h8H,6-7H2,1-5H3,(H3,13,14,15);1H. The number of nitrogens with one attached hydrogen (secondary N) is 1. The SMILES string of the molecule is CCN=C(N)NC(C)Cc1c(C)nn(C)c1C.I. The van der Waals surface area contributed by atoms with Crippen molar-refractivity contribution >= 4 is 29.9 Å². The van der Waals surface area contributed by atoms with Crippen LogP contribution < -0.4 is 11.1 Å². The Morgan fingerprint density at radius 1 is 1.50 bits per heavy atom. The third-order valence-corrected chi connectivity index (χ3v) is 2.89. The lowest BCUT2D eigenvalue weighted by Crippen LogP contribution is -2.39. The van der Waals surface area contributed by atoms with Crippen molar-refractivity contribution in [1.82, 2.24) is 15.1 Å². The molecule has 0 bridgehead atoms. The Bertz CT molecular complexity index is 411. The zero-order chi connectivity index (χ0) is 13.0. The number of aromatic nitrogens is 2. The summed E-state index contributed by atoms with van der Waals surface area (Å²) in [5.41, 5.74) is 9.32. The maximum absolute atomic E-state index is 5.74. The molecule has 1 aromatic rings. The number of halogens is 1. The van der Waals surface area contributed by atoms with Gasteiger partial charge in [0.05, 0.1) is 5.69 Å². The first kappa shape index (κ1) is 17.2. The molecule has 0 radical (unpaired) electrons. The molecule has 0 saturated heterocycles. The van der Waals surface area contributed by atoms with E-state index in [0.29, 0.717) is 12.5 Å². The molecule has 0 aliphatic carbocycles. The number of aliphatic imine (C=N–C) groups is 1. The Labute approximate surface area is 126 Å². The largest absolute Gasteiger partial charge is 0.370 e. The van der Waals surface area contributed by atoms with E-state index in [1.807, 2.05) is 25.6 Å². The van der Waals surface area contributed by atoms with E-state index in [1.165, 1.54) is 11.3 Å². The Balaban J connectivity index is 0.00000289. The van der Waals surface area contributed by atoms with Gasteiger partial charge >= 0.3 is 0 Å². The van der Waals surface area contributed by atoms with Crippen LogP contribution in [-0.4, -0.2) is 28.3 Å². The van der Waals surface area contributed by atoms with Crippen LogP contribution in [0.5, 0.6) is 0 Å². The fourth-order valence-corrected chi connectivity index (χ4v) is 1.94. The molecule has 5 nitrogen and oxygen atoms in total. The van der Waals surface area contributed by atoms with Crippen LogP contribution in [0.2, 0.25) is 0 Å². The molecule has 6 heteroatoms. The molecular formula is C12H24IN5. The third-order valence-electron chi connectivity index (χ3n) is 2.89. The Hall–Kier alpha value is -0.790. The molecule has 1 atom stereocenters. The van der Waals surface area contributed by atoms with E-state index in [2.05, 4.69) is 29.3 Å². The zero-order valence-electron chi connectivity index (χ0n) is 11.8. The summed E-state index contributed by atoms with van der Waals surface area (Å²) in [6.07, 6.45) is 0.908. The minimum atomic E-state index is 0. The van der Waals surface area contributed by atoms with E-state index in [4.69, 9.17) is 5.73 Å². The molecule has 3 N–H and O–H groups in total. The van der Waals surface area contributed by atoms with Gasteiger partial charge in [-0.25, -0.2) is 0 Å². The fraction of sp³-hybridized carbons (Fsp3) is 0.667. The predicted octanol–water partition coefficient (Wildman–Crippen LogP) is 1.51. The summed E-state index contributed by atoms with van der Waals surface area (Å²) in [4.78, 5) is 4.12. The van der Waals surface area contributed by atoms with Crippen LogP contribution in [0.25, 0.3) is 0 Å². The molecular weight excluding hydrogens is 341 g/mol. The summed E-state index contributed by atoms with van der Waals surface area (Å²) < 4.78 is 1.92. The molecule has 1 rings (SSSR count). The molecule has 0 amide bonds. The number of hydrogen-bond donors (Lipinski definition) is 2. The quantitative estimate of drug-likeness (QED) is 0.483. The molecule has 1 aromatic heterocycles. The molecule has 104 valence electrons. The monoisotopic (exact) mass is 365 g/mol. The first-order valence-electron chi connectivity index (χ1n) is 6.01. The second-order valence-electron chi connectivity index (χ2n) is 4.38. The highest BCUT2D eigenvalue weighted by Crippen LogP contribution is 2.13. The van der Waals surface area contributed by atoms with E-state index >= 15 is 0 Å². The molecule has 0 fully saturated rings. The van der Waals surface area contributed by atoms with Gasteiger partial charge in [0, 0.05) is 25.3 Å². The highest BCUT2D eigenvalue weighted by Gasteiger charge is 2.13. The van der Waals surface area contributed by atoms with Gasteiger partial charge in [-0.05, 0) is 39.7 Å². The normalized spacial score (nSPS) is 13.1. The molecule has 1 heterocycles. The number of nitrogens with zero attached hydrogens (tertiary/aromatic N) is 3. The van der Waals surface area contributed by atoms with Crippen LogP contribution in [0.15, 0.2) is 4.99 Å². The van der Waals surface area contributed by atoms with Crippen molar-refractivity contribution in [2.45, 2.75) is 40.2 Å². The lowest BCUT2D eigenvalue weighted by Gasteiger charge is -2.14. The average molecular weight is 365 g/mol. The van der Waals surface area contributed by atoms with E-state index < -0.39 is 0 Å². The van der Waals surface area contributed by atoms with Crippen molar-refractivity contribution in [1.29, 1.82) is 0 Å². The molecule has 0 saturated carbocycles. The maximum Gasteiger partial charge on any atom is 0.188 e. The maximum atomic E-state index is 5.74. The Morgan fingerprint density at radius 2 is 2.11 bits per heavy atom. The van der Waals surface area contributed by atoms with Gasteiger partial charge in [-0.2, -0.15) is 5.10 Å². The van der Waals surface area contributed by atoms with Gasteiger partial charge in [-0.3, -0.25) is 9.67 Å². The second-order valence-corrected chi connectivity index (χ2v) is 4.38. The van der Waals surface area contributed by atoms with Crippen LogP contribution in [-0.2, 0) is 13.5 Å². The molecule has 18 heavy (non-hydrogen) atoms. The van der Waals surface area contributed by atoms with Gasteiger partial charge in [0.15, 0.2) is 5.96 Å². The van der Waals surface area contributed by atoms with Gasteiger partial charge in [-0.15, -0.1) is 24.0 Å². The molecule has 0 aliphatic rings. The van der Waals surface area contributed by atoms with Crippen LogP contribution in [0, 0.1) is 13.8 Å². The highest BCUT2D eigenvalue weighted by atomic mass is 127. The highest BCUT2D eigenvalue weighted by molar-refractivity contribution is 14.0. The summed E-state index contributed by atoms with van der Waals surface area (Å²) >= 11 is 0. The first-order chi connectivity index (χ1) is 7.95. The topological polar surface area (TPSA) is 68.2 Å². The van der Waals surface area contributed by atoms with Gasteiger partial charge in [0.1, 0.15) is 0 Å². The number of rotatable bonds is 4. The second kappa shape index (κ2) is 7.60. The minimum Gasteiger partial charge on any atom is -0.370 e. The van der Waals surface area contributed by atoms with Gasteiger partial charge in [0.25, 0.3) is 0 Å². The summed E-state index contributed by atoms with van der Waals surface area (Å²) in [5, 5.41) is 7.59. The van der Waals surface area contributed by atoms with Crippen molar-refractivity contribution in [2.24, 2.45) is 17.8 Å². The van der Waals surface area contributed by atoms with Gasteiger partial charge in [-0.1, -0.05) is 0 Å². The summed E-state index contributed by atoms with van der Waals surface area (Å²) in [7, 11) is 1.97. The van der Waals surface area contributed by atoms with Crippen molar-refractivity contribution in [3.05, 3.63) is 17.0 Å². The van der Waals surface area contributed by atoms with E-state index in [0.717, 1.165) is 12.1 Å². The van der Waals surface area contributed by atoms with E-state index in [1.54, 1.807) is 0 Å². The number of nitrogens with two attached hydrogens (primary N) is 1. The van der Waals surface area contributed by atoms with E-state index in [-0.39, 0.29) is 30.0 Å². The molecule has 0 aliphatic heterocycles. The minimum absolute atomic E-state index is 0. The summed E-state index contributed by atoms with van der Waals surface area (Å²) in [6.45, 7) is 8.90. The van der Waals surface area contributed by atoms with Crippen LogP contribution in [0.1, 0.15) is 30.8 Å². The van der Waals surface area contributed by atoms with Gasteiger partial charge < -0.3 is 11.1 Å². The summed E-state index contributed by atoms with van der Waals surface area (Å²) in [6, 6.07) is 0.256. The zero-order valence-corrected chi connectivity index (χ0v) is 14.1. The lowest BCUT2D eigenvalue weighted by molar-refractivity contribution is 0.649. The van der Waals surface area contributed by atoms with Crippen molar-refractivity contribution < 1.29 is 0 Å². The van der Waals surface area contributed by atoms with Gasteiger partial charge in [0.2, 0.25) is 0 Å². The number of guanidine groups is 1. The predicted molar refractivity (Wildman–Crippen MR) is 86.6 cm³/mol. The van der Waals surface area contributed by atoms with Crippen molar-refractivity contribution in [3.63, 3.8) is 0 Å². The smallest absolute Gasteiger partial charge is 0.188 e. The molecule has 0 aromatic carbocycles. The average Bonchev–Trinajstić information content (AvgIpc) is 2.45. The van der Waals surface area contributed by atoms with Crippen molar-refractivity contribution in [2.75, 3.05) is 6.54 Å². The van der Waals surface area contributed by atoms with Crippen LogP contribution >= 0.6 is 24.0 Å². The number of aryl methyl sites for hydroxylation is 2. The first-order valence-corrected chi connectivity index (χ1v) is 6.01. The Kier molecular flexibility index (Phi) is 7.27. The van der Waals surface area contributed by atoms with E-state index in [9.17, 15) is 0 Å². The molecule has 1 unspecified atom stereocenters. The fourth-order valence-electron chi connectivity index (χ4n) is 1.94. The summed E-state index contributed by atoms with van der Waals surface area (Å²) in [5.74, 6) is 0.513. The lowest BCUT2D eigenvalue weighted by atomic mass is 10.1. The third kappa shape index (κ3) is 4.47.